The normalized spacial score (nSPS) is 14.9. The monoisotopic (exact) mass is 258 g/mol. The summed E-state index contributed by atoms with van der Waals surface area (Å²) in [6.07, 6.45) is 0.834. The van der Waals surface area contributed by atoms with Crippen LogP contribution in [0.15, 0.2) is 24.3 Å². The molecule has 98 valence electrons. The van der Waals surface area contributed by atoms with Crippen molar-refractivity contribution in [2.24, 2.45) is 0 Å². The number of amides is 1. The van der Waals surface area contributed by atoms with Crippen LogP contribution in [0.25, 0.3) is 0 Å². The molecule has 19 heavy (non-hydrogen) atoms. The number of Topliss-reactive ketones (excluding diaryl/α,β-unsaturated/α-hetero) is 1. The molecule has 0 N–H and O–H groups in total. The van der Waals surface area contributed by atoms with Crippen LogP contribution in [-0.2, 0) is 9.59 Å². The number of para-hydroxylation sites is 1. The zero-order valence-corrected chi connectivity index (χ0v) is 10.5. The van der Waals surface area contributed by atoms with E-state index in [2.05, 4.69) is 0 Å². The van der Waals surface area contributed by atoms with Gasteiger partial charge in [0.05, 0.1) is 5.56 Å². The number of nitriles is 1. The van der Waals surface area contributed by atoms with E-state index in [0.717, 1.165) is 0 Å². The lowest BCUT2D eigenvalue weighted by Crippen LogP contribution is -2.41. The Kier molecular flexibility index (Phi) is 4.14. The SMILES string of the molecule is N#Cc1ccccc1OCC(=O)N1CCC(=O)CC1. The first-order valence-electron chi connectivity index (χ1n) is 6.12. The fourth-order valence-corrected chi connectivity index (χ4v) is 1.92. The van der Waals surface area contributed by atoms with Gasteiger partial charge < -0.3 is 9.64 Å². The Morgan fingerprint density at radius 1 is 1.32 bits per heavy atom. The van der Waals surface area contributed by atoms with Gasteiger partial charge in [0.1, 0.15) is 17.6 Å². The van der Waals surface area contributed by atoms with Crippen LogP contribution in [0.4, 0.5) is 0 Å². The van der Waals surface area contributed by atoms with Gasteiger partial charge in [0.15, 0.2) is 6.61 Å². The molecule has 2 rings (SSSR count). The maximum atomic E-state index is 11.9. The van der Waals surface area contributed by atoms with Crippen molar-refractivity contribution in [3.05, 3.63) is 29.8 Å². The first-order valence-corrected chi connectivity index (χ1v) is 6.12. The third kappa shape index (κ3) is 3.32. The molecule has 0 bridgehead atoms. The molecule has 0 spiro atoms. The number of likely N-dealkylation sites (tertiary alicyclic amines) is 1. The van der Waals surface area contributed by atoms with Gasteiger partial charge in [-0.1, -0.05) is 12.1 Å². The smallest absolute Gasteiger partial charge is 0.260 e. The van der Waals surface area contributed by atoms with E-state index in [9.17, 15) is 9.59 Å². The Labute approximate surface area is 111 Å². The average Bonchev–Trinajstić information content (AvgIpc) is 2.45. The van der Waals surface area contributed by atoms with Crippen LogP contribution in [0.2, 0.25) is 0 Å². The Bertz CT molecular complexity index is 524. The van der Waals surface area contributed by atoms with Gasteiger partial charge in [-0.05, 0) is 12.1 Å². The second kappa shape index (κ2) is 6.01. The number of carbonyl (C=O) groups is 2. The number of ketones is 1. The zero-order chi connectivity index (χ0) is 13.7. The molecule has 0 unspecified atom stereocenters. The van der Waals surface area contributed by atoms with Gasteiger partial charge in [0.2, 0.25) is 0 Å². The van der Waals surface area contributed by atoms with Crippen molar-refractivity contribution in [2.75, 3.05) is 19.7 Å². The van der Waals surface area contributed by atoms with Gasteiger partial charge in [-0.25, -0.2) is 0 Å². The summed E-state index contributed by atoms with van der Waals surface area (Å²) in [6.45, 7) is 0.814. The summed E-state index contributed by atoms with van der Waals surface area (Å²) in [6, 6.07) is 8.80. The van der Waals surface area contributed by atoms with Crippen LogP contribution in [0.3, 0.4) is 0 Å². The van der Waals surface area contributed by atoms with Crippen molar-refractivity contribution in [3.8, 4) is 11.8 Å². The van der Waals surface area contributed by atoms with E-state index in [1.54, 1.807) is 29.2 Å². The van der Waals surface area contributed by atoms with Crippen LogP contribution in [0.5, 0.6) is 5.75 Å². The van der Waals surface area contributed by atoms with Gasteiger partial charge in [0, 0.05) is 25.9 Å². The summed E-state index contributed by atoms with van der Waals surface area (Å²) in [7, 11) is 0. The van der Waals surface area contributed by atoms with Crippen LogP contribution in [-0.4, -0.2) is 36.3 Å². The van der Waals surface area contributed by atoms with Crippen LogP contribution < -0.4 is 4.74 Å². The summed E-state index contributed by atoms with van der Waals surface area (Å²) in [5.74, 6) is 0.450. The molecule has 0 aliphatic carbocycles. The lowest BCUT2D eigenvalue weighted by Gasteiger charge is -2.25. The molecule has 5 nitrogen and oxygen atoms in total. The summed E-state index contributed by atoms with van der Waals surface area (Å²) in [4.78, 5) is 24.6. The molecule has 1 aromatic carbocycles. The highest BCUT2D eigenvalue weighted by Crippen LogP contribution is 2.16. The molecular weight excluding hydrogens is 244 g/mol. The zero-order valence-electron chi connectivity index (χ0n) is 10.5. The Morgan fingerprint density at radius 3 is 2.68 bits per heavy atom. The average molecular weight is 258 g/mol. The number of piperidine rings is 1. The largest absolute Gasteiger partial charge is 0.482 e. The van der Waals surface area contributed by atoms with Gasteiger partial charge in [-0.2, -0.15) is 5.26 Å². The number of rotatable bonds is 3. The maximum Gasteiger partial charge on any atom is 0.260 e. The van der Waals surface area contributed by atoms with Crippen molar-refractivity contribution in [1.82, 2.24) is 4.90 Å². The van der Waals surface area contributed by atoms with Crippen molar-refractivity contribution >= 4 is 11.7 Å². The molecule has 1 aromatic rings. The molecule has 1 saturated heterocycles. The van der Waals surface area contributed by atoms with Crippen molar-refractivity contribution in [3.63, 3.8) is 0 Å². The third-order valence-electron chi connectivity index (χ3n) is 3.03. The van der Waals surface area contributed by atoms with Gasteiger partial charge in [-0.15, -0.1) is 0 Å². The van der Waals surface area contributed by atoms with Crippen molar-refractivity contribution < 1.29 is 14.3 Å². The van der Waals surface area contributed by atoms with Crippen LogP contribution in [0, 0.1) is 11.3 Å². The van der Waals surface area contributed by atoms with E-state index in [1.165, 1.54) is 0 Å². The Hall–Kier alpha value is -2.35. The minimum Gasteiger partial charge on any atom is -0.482 e. The van der Waals surface area contributed by atoms with Gasteiger partial charge >= 0.3 is 0 Å². The van der Waals surface area contributed by atoms with Crippen molar-refractivity contribution in [1.29, 1.82) is 5.26 Å². The molecule has 1 fully saturated rings. The van der Waals surface area contributed by atoms with Crippen LogP contribution in [0.1, 0.15) is 18.4 Å². The molecule has 0 aromatic heterocycles. The highest BCUT2D eigenvalue weighted by Gasteiger charge is 2.21. The standard InChI is InChI=1S/C14H14N2O3/c15-9-11-3-1-2-4-13(11)19-10-14(18)16-7-5-12(17)6-8-16/h1-4H,5-8,10H2. The molecule has 1 aliphatic rings. The third-order valence-corrected chi connectivity index (χ3v) is 3.03. The molecule has 0 saturated carbocycles. The summed E-state index contributed by atoms with van der Waals surface area (Å²) >= 11 is 0. The number of benzene rings is 1. The molecule has 5 heteroatoms. The summed E-state index contributed by atoms with van der Waals surface area (Å²) in [5.41, 5.74) is 0.407. The molecule has 1 heterocycles. The fraction of sp³-hybridized carbons (Fsp3) is 0.357. The topological polar surface area (TPSA) is 70.4 Å². The highest BCUT2D eigenvalue weighted by atomic mass is 16.5. The molecule has 1 aliphatic heterocycles. The van der Waals surface area contributed by atoms with Gasteiger partial charge in [-0.3, -0.25) is 9.59 Å². The highest BCUT2D eigenvalue weighted by molar-refractivity contribution is 5.84. The van der Waals surface area contributed by atoms with E-state index in [0.29, 0.717) is 37.2 Å². The maximum absolute atomic E-state index is 11.9. The first kappa shape index (κ1) is 13.1. The minimum atomic E-state index is -0.153. The first-order chi connectivity index (χ1) is 9.20. The molecule has 0 atom stereocenters. The molecular formula is C14H14N2O3. The predicted octanol–water partition coefficient (Wildman–Crippen LogP) is 1.13. The predicted molar refractivity (Wildman–Crippen MR) is 67.5 cm³/mol. The van der Waals surface area contributed by atoms with Crippen molar-refractivity contribution in [2.45, 2.75) is 12.8 Å². The minimum absolute atomic E-state index is 0.104. The number of ether oxygens (including phenoxy) is 1. The number of hydrogen-bond donors (Lipinski definition) is 0. The lowest BCUT2D eigenvalue weighted by atomic mass is 10.1. The summed E-state index contributed by atoms with van der Waals surface area (Å²) in [5, 5.41) is 8.90. The lowest BCUT2D eigenvalue weighted by molar-refractivity contribution is -0.136. The van der Waals surface area contributed by atoms with Crippen LogP contribution >= 0.6 is 0 Å². The number of nitrogens with zero attached hydrogens (tertiary/aromatic N) is 2. The fourth-order valence-electron chi connectivity index (χ4n) is 1.92. The number of hydrogen-bond acceptors (Lipinski definition) is 4. The van der Waals surface area contributed by atoms with E-state index < -0.39 is 0 Å². The molecule has 1 amide bonds. The molecule has 0 radical (unpaired) electrons. The quantitative estimate of drug-likeness (QED) is 0.814. The summed E-state index contributed by atoms with van der Waals surface area (Å²) < 4.78 is 5.37. The second-order valence-electron chi connectivity index (χ2n) is 4.32. The second-order valence-corrected chi connectivity index (χ2v) is 4.32. The van der Waals surface area contributed by atoms with E-state index in [-0.39, 0.29) is 18.3 Å². The van der Waals surface area contributed by atoms with E-state index >= 15 is 0 Å². The Balaban J connectivity index is 1.90. The van der Waals surface area contributed by atoms with E-state index in [1.807, 2.05) is 6.07 Å². The number of carbonyl (C=O) groups excluding carboxylic acids is 2. The van der Waals surface area contributed by atoms with Gasteiger partial charge in [0.25, 0.3) is 5.91 Å². The Morgan fingerprint density at radius 2 is 2.00 bits per heavy atom. The van der Waals surface area contributed by atoms with E-state index in [4.69, 9.17) is 10.00 Å².